The maximum absolute atomic E-state index is 12.6. The molecule has 3 heterocycles. The van der Waals surface area contributed by atoms with Crippen LogP contribution in [0.5, 0.6) is 0 Å². The number of likely N-dealkylation sites (tertiary alicyclic amines) is 1. The third kappa shape index (κ3) is 3.18. The van der Waals surface area contributed by atoms with Gasteiger partial charge < -0.3 is 10.2 Å². The number of nitrogens with zero attached hydrogens (tertiary/aromatic N) is 1. The van der Waals surface area contributed by atoms with E-state index in [-0.39, 0.29) is 23.3 Å². The average molecular weight is 375 g/mol. The second-order valence-corrected chi connectivity index (χ2v) is 8.55. The molecule has 1 spiro atoms. The van der Waals surface area contributed by atoms with Crippen LogP contribution in [0.1, 0.15) is 40.4 Å². The first-order chi connectivity index (χ1) is 12.1. The van der Waals surface area contributed by atoms with E-state index in [1.165, 1.54) is 11.3 Å². The van der Waals surface area contributed by atoms with Crippen LogP contribution in [0.3, 0.4) is 0 Å². The van der Waals surface area contributed by atoms with Gasteiger partial charge in [0.15, 0.2) is 0 Å². The van der Waals surface area contributed by atoms with Gasteiger partial charge in [-0.25, -0.2) is 0 Å². The van der Waals surface area contributed by atoms with E-state index < -0.39 is 0 Å². The fraction of sp³-hybridized carbons (Fsp3) is 0.368. The molecule has 4 nitrogen and oxygen atoms in total. The molecule has 2 aromatic rings. The Balaban J connectivity index is 1.43. The molecule has 0 saturated carbocycles. The summed E-state index contributed by atoms with van der Waals surface area (Å²) in [5.41, 5.74) is 0.894. The summed E-state index contributed by atoms with van der Waals surface area (Å²) in [6.45, 7) is 1.33. The van der Waals surface area contributed by atoms with Gasteiger partial charge in [-0.1, -0.05) is 41.9 Å². The van der Waals surface area contributed by atoms with Gasteiger partial charge in [0.2, 0.25) is 5.91 Å². The Bertz CT molecular complexity index is 797. The number of halogens is 1. The van der Waals surface area contributed by atoms with Gasteiger partial charge in [0.05, 0.1) is 15.1 Å². The number of benzene rings is 1. The van der Waals surface area contributed by atoms with Crippen molar-refractivity contribution in [2.24, 2.45) is 0 Å². The lowest BCUT2D eigenvalue weighted by molar-refractivity contribution is -0.121. The van der Waals surface area contributed by atoms with Gasteiger partial charge in [0.1, 0.15) is 0 Å². The molecule has 2 aliphatic rings. The van der Waals surface area contributed by atoms with Crippen molar-refractivity contribution in [2.45, 2.75) is 30.7 Å². The molecule has 130 valence electrons. The van der Waals surface area contributed by atoms with E-state index in [4.69, 9.17) is 11.6 Å². The van der Waals surface area contributed by atoms with Gasteiger partial charge in [-0.2, -0.15) is 0 Å². The molecule has 1 N–H and O–H groups in total. The minimum atomic E-state index is -0.179. The second kappa shape index (κ2) is 6.46. The van der Waals surface area contributed by atoms with Crippen LogP contribution in [0.4, 0.5) is 0 Å². The van der Waals surface area contributed by atoms with Crippen LogP contribution in [0.2, 0.25) is 4.34 Å². The first-order valence-corrected chi connectivity index (χ1v) is 9.67. The maximum Gasteiger partial charge on any atom is 0.263 e. The third-order valence-electron chi connectivity index (χ3n) is 5.29. The van der Waals surface area contributed by atoms with Gasteiger partial charge in [-0.05, 0) is 37.0 Å². The summed E-state index contributed by atoms with van der Waals surface area (Å²) in [6, 6.07) is 13.5. The molecule has 1 atom stereocenters. The van der Waals surface area contributed by atoms with Gasteiger partial charge >= 0.3 is 0 Å². The minimum Gasteiger partial charge on any atom is -0.350 e. The molecule has 4 rings (SSSR count). The lowest BCUT2D eigenvalue weighted by atomic mass is 9.82. The molecule has 0 radical (unpaired) electrons. The SMILES string of the molecule is O=C1NC2(CCN(C(=O)c3ccc(Cl)s3)CC2)C[C@@H]1c1ccccc1. The van der Waals surface area contributed by atoms with Crippen molar-refractivity contribution >= 4 is 34.8 Å². The molecule has 2 aliphatic heterocycles. The summed E-state index contributed by atoms with van der Waals surface area (Å²) in [6.07, 6.45) is 2.41. The Labute approximate surface area is 155 Å². The monoisotopic (exact) mass is 374 g/mol. The molecule has 0 unspecified atom stereocenters. The summed E-state index contributed by atoms with van der Waals surface area (Å²) in [5.74, 6) is 0.0613. The highest BCUT2D eigenvalue weighted by Gasteiger charge is 2.46. The largest absolute Gasteiger partial charge is 0.350 e. The van der Waals surface area contributed by atoms with E-state index in [0.29, 0.717) is 22.3 Å². The topological polar surface area (TPSA) is 49.4 Å². The molecule has 1 aromatic heterocycles. The number of thiophene rings is 1. The Morgan fingerprint density at radius 1 is 1.16 bits per heavy atom. The lowest BCUT2D eigenvalue weighted by Gasteiger charge is -2.39. The number of hydrogen-bond acceptors (Lipinski definition) is 3. The number of piperidine rings is 1. The van der Waals surface area contributed by atoms with E-state index in [1.807, 2.05) is 35.2 Å². The second-order valence-electron chi connectivity index (χ2n) is 6.83. The summed E-state index contributed by atoms with van der Waals surface area (Å²) >= 11 is 7.25. The van der Waals surface area contributed by atoms with Crippen LogP contribution in [0.25, 0.3) is 0 Å². The van der Waals surface area contributed by atoms with Crippen molar-refractivity contribution in [1.29, 1.82) is 0 Å². The fourth-order valence-electron chi connectivity index (χ4n) is 3.89. The Morgan fingerprint density at radius 2 is 1.88 bits per heavy atom. The molecule has 2 fully saturated rings. The van der Waals surface area contributed by atoms with Crippen molar-refractivity contribution in [3.63, 3.8) is 0 Å². The lowest BCUT2D eigenvalue weighted by Crippen LogP contribution is -2.52. The van der Waals surface area contributed by atoms with E-state index in [9.17, 15) is 9.59 Å². The summed E-state index contributed by atoms with van der Waals surface area (Å²) in [5, 5.41) is 3.23. The van der Waals surface area contributed by atoms with E-state index in [2.05, 4.69) is 5.32 Å². The van der Waals surface area contributed by atoms with Crippen molar-refractivity contribution in [2.75, 3.05) is 13.1 Å². The number of carbonyl (C=O) groups excluding carboxylic acids is 2. The highest BCUT2D eigenvalue weighted by atomic mass is 35.5. The van der Waals surface area contributed by atoms with Crippen molar-refractivity contribution in [3.8, 4) is 0 Å². The summed E-state index contributed by atoms with van der Waals surface area (Å²) in [7, 11) is 0. The molecule has 1 aromatic carbocycles. The molecular weight excluding hydrogens is 356 g/mol. The smallest absolute Gasteiger partial charge is 0.263 e. The predicted octanol–water partition coefficient (Wildman–Crippen LogP) is 3.68. The molecule has 0 aliphatic carbocycles. The van der Waals surface area contributed by atoms with Crippen LogP contribution >= 0.6 is 22.9 Å². The predicted molar refractivity (Wildman–Crippen MR) is 99.1 cm³/mol. The van der Waals surface area contributed by atoms with Gasteiger partial charge in [0.25, 0.3) is 5.91 Å². The quantitative estimate of drug-likeness (QED) is 0.871. The number of carbonyl (C=O) groups is 2. The summed E-state index contributed by atoms with van der Waals surface area (Å²) < 4.78 is 0.630. The Kier molecular flexibility index (Phi) is 4.29. The number of nitrogens with one attached hydrogen (secondary N) is 1. The average Bonchev–Trinajstić information content (AvgIpc) is 3.20. The zero-order chi connectivity index (χ0) is 17.4. The van der Waals surface area contributed by atoms with Crippen LogP contribution < -0.4 is 5.32 Å². The molecule has 6 heteroatoms. The highest BCUT2D eigenvalue weighted by Crippen LogP contribution is 2.39. The molecule has 2 saturated heterocycles. The first-order valence-electron chi connectivity index (χ1n) is 8.48. The number of amides is 2. The summed E-state index contributed by atoms with van der Waals surface area (Å²) in [4.78, 5) is 27.6. The van der Waals surface area contributed by atoms with Crippen molar-refractivity contribution < 1.29 is 9.59 Å². The molecule has 0 bridgehead atoms. The van der Waals surface area contributed by atoms with Gasteiger partial charge in [-0.15, -0.1) is 11.3 Å². The Morgan fingerprint density at radius 3 is 2.52 bits per heavy atom. The normalized spacial score (nSPS) is 22.2. The zero-order valence-electron chi connectivity index (χ0n) is 13.7. The van der Waals surface area contributed by atoms with Crippen LogP contribution in [0.15, 0.2) is 42.5 Å². The molecule has 2 amide bonds. The Hall–Kier alpha value is -1.85. The van der Waals surface area contributed by atoms with Crippen LogP contribution in [0, 0.1) is 0 Å². The first kappa shape index (κ1) is 16.6. The van der Waals surface area contributed by atoms with E-state index in [0.717, 1.165) is 24.8 Å². The number of hydrogen-bond donors (Lipinski definition) is 1. The van der Waals surface area contributed by atoms with E-state index in [1.54, 1.807) is 12.1 Å². The van der Waals surface area contributed by atoms with Crippen LogP contribution in [-0.4, -0.2) is 35.3 Å². The van der Waals surface area contributed by atoms with Gasteiger partial charge in [-0.3, -0.25) is 9.59 Å². The van der Waals surface area contributed by atoms with Crippen molar-refractivity contribution in [3.05, 3.63) is 57.2 Å². The van der Waals surface area contributed by atoms with E-state index >= 15 is 0 Å². The molecular formula is C19H19ClN2O2S. The zero-order valence-corrected chi connectivity index (χ0v) is 15.3. The standard InChI is InChI=1S/C19H19ClN2O2S/c20-16-7-6-15(25-16)18(24)22-10-8-19(9-11-22)12-14(17(23)21-19)13-4-2-1-3-5-13/h1-7,14H,8-12H2,(H,21,23)/t14-/m1/s1. The maximum atomic E-state index is 12.6. The highest BCUT2D eigenvalue weighted by molar-refractivity contribution is 7.17. The van der Waals surface area contributed by atoms with Crippen LogP contribution in [-0.2, 0) is 4.79 Å². The number of rotatable bonds is 2. The third-order valence-corrected chi connectivity index (χ3v) is 6.51. The fourth-order valence-corrected chi connectivity index (χ4v) is 4.90. The minimum absolute atomic E-state index is 0.0377. The van der Waals surface area contributed by atoms with Gasteiger partial charge in [0, 0.05) is 18.6 Å². The molecule has 25 heavy (non-hydrogen) atoms. The van der Waals surface area contributed by atoms with Crippen molar-refractivity contribution in [1.82, 2.24) is 10.2 Å².